The number of hydrogen-bond acceptors (Lipinski definition) is 5. The summed E-state index contributed by atoms with van der Waals surface area (Å²) < 4.78 is 5.87. The first-order valence-electron chi connectivity index (χ1n) is 9.05. The van der Waals surface area contributed by atoms with Crippen molar-refractivity contribution in [3.8, 4) is 11.5 Å². The predicted octanol–water partition coefficient (Wildman–Crippen LogP) is 3.74. The molecule has 2 aromatic carbocycles. The molecule has 5 heteroatoms. The minimum absolute atomic E-state index is 0.489. The van der Waals surface area contributed by atoms with E-state index < -0.39 is 6.10 Å². The standard InChI is InChI=1S/C21H23N3O2/c1-15-6-5-9-17(12-15)21-23-22-20(26-21)14-24(18-10-11-18)13-19(25)16-7-3-2-4-8-16/h2-9,12,18-19,25H,10-11,13-14H2,1H3/t19-/m0/s1. The van der Waals surface area contributed by atoms with E-state index in [0.717, 1.165) is 29.5 Å². The van der Waals surface area contributed by atoms with Gasteiger partial charge in [0, 0.05) is 18.2 Å². The van der Waals surface area contributed by atoms with Gasteiger partial charge >= 0.3 is 0 Å². The lowest BCUT2D eigenvalue weighted by molar-refractivity contribution is 0.0990. The molecule has 3 aromatic rings. The molecule has 0 aliphatic heterocycles. The summed E-state index contributed by atoms with van der Waals surface area (Å²) in [7, 11) is 0. The van der Waals surface area contributed by atoms with Crippen LogP contribution < -0.4 is 0 Å². The number of benzene rings is 2. The van der Waals surface area contributed by atoms with Crippen LogP contribution in [0, 0.1) is 6.92 Å². The lowest BCUT2D eigenvalue weighted by Gasteiger charge is -2.23. The number of nitrogens with zero attached hydrogens (tertiary/aromatic N) is 3. The van der Waals surface area contributed by atoms with Gasteiger partial charge in [0.2, 0.25) is 11.8 Å². The molecule has 1 heterocycles. The van der Waals surface area contributed by atoms with E-state index in [1.54, 1.807) is 0 Å². The molecule has 4 rings (SSSR count). The molecule has 1 aromatic heterocycles. The maximum atomic E-state index is 10.6. The van der Waals surface area contributed by atoms with E-state index in [1.165, 1.54) is 0 Å². The maximum absolute atomic E-state index is 10.6. The minimum atomic E-state index is -0.518. The molecule has 1 atom stereocenters. The Morgan fingerprint density at radius 3 is 2.65 bits per heavy atom. The number of aromatic nitrogens is 2. The van der Waals surface area contributed by atoms with Gasteiger partial charge < -0.3 is 9.52 Å². The number of aliphatic hydroxyl groups is 1. The van der Waals surface area contributed by atoms with Crippen LogP contribution in [-0.4, -0.2) is 32.8 Å². The van der Waals surface area contributed by atoms with Crippen LogP contribution in [0.4, 0.5) is 0 Å². The topological polar surface area (TPSA) is 62.4 Å². The smallest absolute Gasteiger partial charge is 0.247 e. The minimum Gasteiger partial charge on any atom is -0.419 e. The molecule has 0 unspecified atom stereocenters. The van der Waals surface area contributed by atoms with Crippen molar-refractivity contribution in [3.05, 3.63) is 71.6 Å². The van der Waals surface area contributed by atoms with Crippen molar-refractivity contribution in [1.29, 1.82) is 0 Å². The predicted molar refractivity (Wildman–Crippen MR) is 99.3 cm³/mol. The van der Waals surface area contributed by atoms with Crippen molar-refractivity contribution in [1.82, 2.24) is 15.1 Å². The third-order valence-corrected chi connectivity index (χ3v) is 4.73. The Kier molecular flexibility index (Phi) is 4.82. The van der Waals surface area contributed by atoms with E-state index in [9.17, 15) is 5.11 Å². The molecule has 1 aliphatic carbocycles. The zero-order chi connectivity index (χ0) is 17.9. The Balaban J connectivity index is 1.46. The summed E-state index contributed by atoms with van der Waals surface area (Å²) in [6, 6.07) is 18.3. The summed E-state index contributed by atoms with van der Waals surface area (Å²) in [6.07, 6.45) is 1.79. The van der Waals surface area contributed by atoms with Gasteiger partial charge in [0.1, 0.15) is 0 Å². The molecule has 0 amide bonds. The fraction of sp³-hybridized carbons (Fsp3) is 0.333. The van der Waals surface area contributed by atoms with Crippen LogP contribution in [0.1, 0.15) is 36.0 Å². The largest absolute Gasteiger partial charge is 0.419 e. The van der Waals surface area contributed by atoms with Crippen molar-refractivity contribution in [3.63, 3.8) is 0 Å². The van der Waals surface area contributed by atoms with Crippen molar-refractivity contribution >= 4 is 0 Å². The third kappa shape index (κ3) is 4.00. The van der Waals surface area contributed by atoms with E-state index in [-0.39, 0.29) is 0 Å². The second-order valence-corrected chi connectivity index (χ2v) is 6.96. The van der Waals surface area contributed by atoms with Gasteiger partial charge in [-0.2, -0.15) is 0 Å². The lowest BCUT2D eigenvalue weighted by atomic mass is 10.1. The lowest BCUT2D eigenvalue weighted by Crippen LogP contribution is -2.30. The first kappa shape index (κ1) is 16.9. The molecule has 5 nitrogen and oxygen atoms in total. The van der Waals surface area contributed by atoms with Crippen molar-refractivity contribution in [2.24, 2.45) is 0 Å². The molecule has 1 aliphatic rings. The Hall–Kier alpha value is -2.50. The van der Waals surface area contributed by atoms with E-state index in [0.29, 0.717) is 30.9 Å². The van der Waals surface area contributed by atoms with Crippen LogP contribution in [0.2, 0.25) is 0 Å². The summed E-state index contributed by atoms with van der Waals surface area (Å²) in [5.41, 5.74) is 3.03. The zero-order valence-corrected chi connectivity index (χ0v) is 14.9. The molecule has 0 radical (unpaired) electrons. The van der Waals surface area contributed by atoms with Crippen LogP contribution in [-0.2, 0) is 6.54 Å². The van der Waals surface area contributed by atoms with Gasteiger partial charge in [-0.1, -0.05) is 48.0 Å². The van der Waals surface area contributed by atoms with Crippen molar-refractivity contribution < 1.29 is 9.52 Å². The highest BCUT2D eigenvalue weighted by atomic mass is 16.4. The summed E-state index contributed by atoms with van der Waals surface area (Å²) in [5, 5.41) is 19.0. The van der Waals surface area contributed by atoms with Gasteiger partial charge in [0.05, 0.1) is 12.6 Å². The Labute approximate surface area is 153 Å². The fourth-order valence-corrected chi connectivity index (χ4v) is 3.17. The Morgan fingerprint density at radius 1 is 1.12 bits per heavy atom. The Bertz CT molecular complexity index is 858. The molecule has 26 heavy (non-hydrogen) atoms. The van der Waals surface area contributed by atoms with Gasteiger partial charge in [0.25, 0.3) is 0 Å². The van der Waals surface area contributed by atoms with E-state index in [1.807, 2.05) is 61.5 Å². The SMILES string of the molecule is Cc1cccc(-c2nnc(CN(C[C@H](O)c3ccccc3)C3CC3)o2)c1. The van der Waals surface area contributed by atoms with Crippen LogP contribution in [0.5, 0.6) is 0 Å². The third-order valence-electron chi connectivity index (χ3n) is 4.73. The fourth-order valence-electron chi connectivity index (χ4n) is 3.17. The molecule has 1 fully saturated rings. The highest BCUT2D eigenvalue weighted by molar-refractivity contribution is 5.53. The molecule has 134 valence electrons. The molecule has 1 N–H and O–H groups in total. The van der Waals surface area contributed by atoms with Crippen LogP contribution >= 0.6 is 0 Å². The maximum Gasteiger partial charge on any atom is 0.247 e. The average molecular weight is 349 g/mol. The Morgan fingerprint density at radius 2 is 1.92 bits per heavy atom. The molecule has 0 spiro atoms. The number of rotatable bonds is 7. The zero-order valence-electron chi connectivity index (χ0n) is 14.9. The number of aliphatic hydroxyl groups excluding tert-OH is 1. The number of aryl methyl sites for hydroxylation is 1. The second kappa shape index (κ2) is 7.40. The van der Waals surface area contributed by atoms with E-state index in [4.69, 9.17) is 4.42 Å². The number of hydrogen-bond donors (Lipinski definition) is 1. The molecule has 0 bridgehead atoms. The average Bonchev–Trinajstić information content (AvgIpc) is 3.41. The van der Waals surface area contributed by atoms with Gasteiger partial charge in [-0.25, -0.2) is 0 Å². The monoisotopic (exact) mass is 349 g/mol. The first-order valence-corrected chi connectivity index (χ1v) is 9.05. The van der Waals surface area contributed by atoms with Gasteiger partial charge in [-0.15, -0.1) is 10.2 Å². The van der Waals surface area contributed by atoms with Crippen molar-refractivity contribution in [2.45, 2.75) is 38.5 Å². The summed E-state index contributed by atoms with van der Waals surface area (Å²) >= 11 is 0. The molecule has 0 saturated heterocycles. The van der Waals surface area contributed by atoms with Gasteiger partial charge in [-0.3, -0.25) is 4.90 Å². The summed E-state index contributed by atoms with van der Waals surface area (Å²) in [6.45, 7) is 3.17. The normalized spacial score (nSPS) is 15.3. The second-order valence-electron chi connectivity index (χ2n) is 6.96. The highest BCUT2D eigenvalue weighted by Gasteiger charge is 2.31. The summed E-state index contributed by atoms with van der Waals surface area (Å²) in [4.78, 5) is 2.24. The first-order chi connectivity index (χ1) is 12.7. The molecule has 1 saturated carbocycles. The quantitative estimate of drug-likeness (QED) is 0.704. The molecular weight excluding hydrogens is 326 g/mol. The van der Waals surface area contributed by atoms with Crippen LogP contribution in [0.25, 0.3) is 11.5 Å². The van der Waals surface area contributed by atoms with Gasteiger partial charge in [-0.05, 0) is 37.5 Å². The van der Waals surface area contributed by atoms with Crippen molar-refractivity contribution in [2.75, 3.05) is 6.54 Å². The molecular formula is C21H23N3O2. The van der Waals surface area contributed by atoms with E-state index >= 15 is 0 Å². The highest BCUT2D eigenvalue weighted by Crippen LogP contribution is 2.30. The van der Waals surface area contributed by atoms with E-state index in [2.05, 4.69) is 15.1 Å². The van der Waals surface area contributed by atoms with Gasteiger partial charge in [0.15, 0.2) is 0 Å². The summed E-state index contributed by atoms with van der Waals surface area (Å²) in [5.74, 6) is 1.14. The van der Waals surface area contributed by atoms with Crippen LogP contribution in [0.3, 0.4) is 0 Å². The van der Waals surface area contributed by atoms with Crippen LogP contribution in [0.15, 0.2) is 59.0 Å².